The first-order chi connectivity index (χ1) is 13.1. The van der Waals surface area contributed by atoms with E-state index in [4.69, 9.17) is 28.4 Å². The van der Waals surface area contributed by atoms with Gasteiger partial charge in [-0.05, 0) is 29.8 Å². The van der Waals surface area contributed by atoms with Gasteiger partial charge in [-0.3, -0.25) is 4.79 Å². The summed E-state index contributed by atoms with van der Waals surface area (Å²) >= 11 is 0. The Morgan fingerprint density at radius 3 is 2.37 bits per heavy atom. The Kier molecular flexibility index (Phi) is 5.83. The molecule has 1 aliphatic rings. The zero-order chi connectivity index (χ0) is 19.4. The van der Waals surface area contributed by atoms with Crippen molar-refractivity contribution in [2.75, 3.05) is 35.2 Å². The highest BCUT2D eigenvalue weighted by atomic mass is 16.7. The molecule has 0 saturated carbocycles. The van der Waals surface area contributed by atoms with Gasteiger partial charge in [0.15, 0.2) is 30.2 Å². The molecular weight excluding hydrogens is 352 g/mol. The van der Waals surface area contributed by atoms with Crippen LogP contribution in [0.1, 0.15) is 22.0 Å². The van der Waals surface area contributed by atoms with Gasteiger partial charge >= 0.3 is 0 Å². The van der Waals surface area contributed by atoms with Gasteiger partial charge in [0.2, 0.25) is 0 Å². The molecule has 2 atom stereocenters. The molecule has 7 heteroatoms. The summed E-state index contributed by atoms with van der Waals surface area (Å²) < 4.78 is 31.8. The van der Waals surface area contributed by atoms with Crippen molar-refractivity contribution in [3.8, 4) is 23.0 Å². The van der Waals surface area contributed by atoms with Crippen LogP contribution in [0.25, 0.3) is 0 Å². The van der Waals surface area contributed by atoms with Crippen LogP contribution in [0.15, 0.2) is 36.4 Å². The monoisotopic (exact) mass is 374 g/mol. The summed E-state index contributed by atoms with van der Waals surface area (Å²) in [7, 11) is 6.20. The molecule has 0 bridgehead atoms. The van der Waals surface area contributed by atoms with Gasteiger partial charge in [0.25, 0.3) is 0 Å². The summed E-state index contributed by atoms with van der Waals surface area (Å²) in [6, 6.07) is 10.5. The number of carbonyl (C=O) groups is 1. The molecule has 1 aliphatic heterocycles. The summed E-state index contributed by atoms with van der Waals surface area (Å²) in [6.07, 6.45) is -0.920. The largest absolute Gasteiger partial charge is 0.497 e. The minimum atomic E-state index is -0.582. The van der Waals surface area contributed by atoms with Crippen LogP contribution in [-0.4, -0.2) is 47.1 Å². The molecule has 0 spiro atoms. The third-order valence-corrected chi connectivity index (χ3v) is 4.27. The lowest BCUT2D eigenvalue weighted by Gasteiger charge is -2.11. The van der Waals surface area contributed by atoms with E-state index in [1.54, 1.807) is 45.6 Å². The lowest BCUT2D eigenvalue weighted by atomic mass is 10.0. The summed E-state index contributed by atoms with van der Waals surface area (Å²) in [5, 5.41) is 0. The molecule has 1 saturated heterocycles. The van der Waals surface area contributed by atoms with Crippen LogP contribution in [0, 0.1) is 0 Å². The van der Waals surface area contributed by atoms with Crippen molar-refractivity contribution in [3.63, 3.8) is 0 Å². The number of ketones is 1. The van der Waals surface area contributed by atoms with E-state index in [1.807, 2.05) is 12.1 Å². The second kappa shape index (κ2) is 8.28. The summed E-state index contributed by atoms with van der Waals surface area (Å²) in [5.74, 6) is 2.03. The van der Waals surface area contributed by atoms with Crippen LogP contribution in [-0.2, 0) is 9.47 Å². The third kappa shape index (κ3) is 3.99. The summed E-state index contributed by atoms with van der Waals surface area (Å²) in [4.78, 5) is 12.9. The fraction of sp³-hybridized carbons (Fsp3) is 0.350. The second-order valence-electron chi connectivity index (χ2n) is 5.87. The Morgan fingerprint density at radius 1 is 0.926 bits per heavy atom. The van der Waals surface area contributed by atoms with Gasteiger partial charge in [-0.2, -0.15) is 0 Å². The van der Waals surface area contributed by atoms with E-state index in [1.165, 1.54) is 7.11 Å². The van der Waals surface area contributed by atoms with E-state index in [0.717, 1.165) is 5.56 Å². The van der Waals surface area contributed by atoms with Crippen molar-refractivity contribution in [2.45, 2.75) is 12.2 Å². The standard InChI is InChI=1S/C20H22O7/c1-22-11-26-16-10-13(23-2)6-7-14(16)18(21)20-19(27-20)12-5-8-15(24-3)17(9-12)25-4/h5-10,19-20H,11H2,1-4H3/t19-,20-/m0/s1. The molecule has 0 N–H and O–H groups in total. The number of rotatable bonds is 9. The third-order valence-electron chi connectivity index (χ3n) is 4.27. The minimum Gasteiger partial charge on any atom is -0.497 e. The minimum absolute atomic E-state index is 0.0259. The van der Waals surface area contributed by atoms with Crippen LogP contribution in [0.3, 0.4) is 0 Å². The highest BCUT2D eigenvalue weighted by Gasteiger charge is 2.47. The predicted molar refractivity (Wildman–Crippen MR) is 97.0 cm³/mol. The van der Waals surface area contributed by atoms with Crippen LogP contribution in [0.2, 0.25) is 0 Å². The Morgan fingerprint density at radius 2 is 1.70 bits per heavy atom. The number of benzene rings is 2. The maximum atomic E-state index is 12.9. The van der Waals surface area contributed by atoms with E-state index < -0.39 is 6.10 Å². The fourth-order valence-electron chi connectivity index (χ4n) is 2.82. The van der Waals surface area contributed by atoms with Crippen LogP contribution in [0.5, 0.6) is 23.0 Å². The van der Waals surface area contributed by atoms with Gasteiger partial charge in [-0.15, -0.1) is 0 Å². The van der Waals surface area contributed by atoms with Crippen molar-refractivity contribution in [1.82, 2.24) is 0 Å². The van der Waals surface area contributed by atoms with Gasteiger partial charge in [0, 0.05) is 13.2 Å². The number of hydrogen-bond donors (Lipinski definition) is 0. The zero-order valence-electron chi connectivity index (χ0n) is 15.7. The van der Waals surface area contributed by atoms with Gasteiger partial charge in [-0.25, -0.2) is 0 Å². The topological polar surface area (TPSA) is 75.8 Å². The van der Waals surface area contributed by atoms with Crippen molar-refractivity contribution in [1.29, 1.82) is 0 Å². The quantitative estimate of drug-likeness (QED) is 0.379. The molecule has 0 aromatic heterocycles. The van der Waals surface area contributed by atoms with Gasteiger partial charge in [-0.1, -0.05) is 6.07 Å². The number of Topliss-reactive ketones (excluding diaryl/α,β-unsaturated/α-hetero) is 1. The number of hydrogen-bond acceptors (Lipinski definition) is 7. The number of epoxide rings is 1. The summed E-state index contributed by atoms with van der Waals surface area (Å²) in [6.45, 7) is 0.0259. The maximum Gasteiger partial charge on any atom is 0.198 e. The van der Waals surface area contributed by atoms with E-state index in [0.29, 0.717) is 28.6 Å². The molecule has 7 nitrogen and oxygen atoms in total. The Labute approximate surface area is 157 Å². The number of methoxy groups -OCH3 is 4. The molecule has 144 valence electrons. The first kappa shape index (κ1) is 19.0. The molecule has 0 amide bonds. The van der Waals surface area contributed by atoms with Crippen molar-refractivity contribution < 1.29 is 33.2 Å². The first-order valence-electron chi connectivity index (χ1n) is 8.34. The van der Waals surface area contributed by atoms with Gasteiger partial charge < -0.3 is 28.4 Å². The molecule has 3 rings (SSSR count). The van der Waals surface area contributed by atoms with Crippen molar-refractivity contribution in [3.05, 3.63) is 47.5 Å². The first-order valence-corrected chi connectivity index (χ1v) is 8.34. The van der Waals surface area contributed by atoms with Crippen LogP contribution < -0.4 is 18.9 Å². The average molecular weight is 374 g/mol. The lowest BCUT2D eigenvalue weighted by Crippen LogP contribution is -2.12. The zero-order valence-corrected chi connectivity index (χ0v) is 15.7. The van der Waals surface area contributed by atoms with Crippen molar-refractivity contribution >= 4 is 5.78 Å². The highest BCUT2D eigenvalue weighted by molar-refractivity contribution is 6.03. The molecule has 2 aromatic carbocycles. The van der Waals surface area contributed by atoms with Crippen LogP contribution in [0.4, 0.5) is 0 Å². The average Bonchev–Trinajstić information content (AvgIpc) is 3.51. The molecular formula is C20H22O7. The SMILES string of the molecule is COCOc1cc(OC)ccc1C(=O)[C@@H]1O[C@H]1c1ccc(OC)c(OC)c1. The molecule has 0 unspecified atom stereocenters. The molecule has 0 aliphatic carbocycles. The van der Waals surface area contributed by atoms with E-state index in [9.17, 15) is 4.79 Å². The Hall–Kier alpha value is -2.77. The number of carbonyl (C=O) groups excluding carboxylic acids is 1. The Balaban J connectivity index is 1.80. The molecule has 1 fully saturated rings. The predicted octanol–water partition coefficient (Wildman–Crippen LogP) is 3.02. The Bertz CT molecular complexity index is 818. The summed E-state index contributed by atoms with van der Waals surface area (Å²) in [5.41, 5.74) is 1.26. The molecule has 27 heavy (non-hydrogen) atoms. The van der Waals surface area contributed by atoms with Crippen LogP contribution >= 0.6 is 0 Å². The van der Waals surface area contributed by atoms with Crippen molar-refractivity contribution in [2.24, 2.45) is 0 Å². The van der Waals surface area contributed by atoms with Gasteiger partial charge in [0.1, 0.15) is 17.6 Å². The molecule has 0 radical (unpaired) electrons. The number of ether oxygens (including phenoxy) is 6. The second-order valence-corrected chi connectivity index (χ2v) is 5.87. The van der Waals surface area contributed by atoms with E-state index in [-0.39, 0.29) is 18.7 Å². The molecule has 1 heterocycles. The molecule has 2 aromatic rings. The van der Waals surface area contributed by atoms with E-state index >= 15 is 0 Å². The lowest BCUT2D eigenvalue weighted by molar-refractivity contribution is 0.0499. The highest BCUT2D eigenvalue weighted by Crippen LogP contribution is 2.44. The maximum absolute atomic E-state index is 12.9. The smallest absolute Gasteiger partial charge is 0.198 e. The fourth-order valence-corrected chi connectivity index (χ4v) is 2.82. The normalized spacial score (nSPS) is 17.9. The van der Waals surface area contributed by atoms with E-state index in [2.05, 4.69) is 0 Å². The van der Waals surface area contributed by atoms with Gasteiger partial charge in [0.05, 0.1) is 26.9 Å².